The van der Waals surface area contributed by atoms with E-state index in [0.29, 0.717) is 0 Å². The van der Waals surface area contributed by atoms with Crippen LogP contribution in [0, 0.1) is 25.5 Å². The van der Waals surface area contributed by atoms with Gasteiger partial charge in [0.25, 0.3) is 0 Å². The van der Waals surface area contributed by atoms with E-state index in [1.165, 1.54) is 0 Å². The number of aromatic nitrogens is 8. The molecule has 348 valence electrons. The van der Waals surface area contributed by atoms with Crippen molar-refractivity contribution < 1.29 is 42.1 Å². The smallest absolute Gasteiger partial charge is 0.124 e. The van der Waals surface area contributed by atoms with Gasteiger partial charge in [-0.15, -0.1) is 22.5 Å². The number of pyridine rings is 4. The monoisotopic (exact) mass is 1270 g/mol. The molecule has 0 radical (unpaired) electrons. The molecule has 2 aliphatic heterocycles. The molecule has 4 aliphatic rings. The third kappa shape index (κ3) is 6.57. The van der Waals surface area contributed by atoms with Crippen molar-refractivity contribution in [3.05, 3.63) is 253 Å². The Kier molecular flexibility index (Phi) is 11.4. The fourth-order valence-corrected chi connectivity index (χ4v) is 10.8. The van der Waals surface area contributed by atoms with Crippen LogP contribution < -0.4 is 29.8 Å². The maximum Gasteiger partial charge on any atom is 0.124 e. The van der Waals surface area contributed by atoms with Crippen LogP contribution in [0.25, 0.3) is 22.3 Å². The van der Waals surface area contributed by atoms with Crippen LogP contribution in [0.2, 0.25) is 0 Å². The minimum Gasteiger partial charge on any atom is -0.581 e. The van der Waals surface area contributed by atoms with Crippen LogP contribution in [0.1, 0.15) is 44.8 Å². The Labute approximate surface area is 434 Å². The second-order valence-electron chi connectivity index (χ2n) is 17.1. The summed E-state index contributed by atoms with van der Waals surface area (Å²) in [5, 5.41) is 17.6. The Balaban J connectivity index is 0.000000148. The molecule has 0 bridgehead atoms. The zero-order valence-electron chi connectivity index (χ0n) is 37.5. The first kappa shape index (κ1) is 45.0. The second-order valence-corrected chi connectivity index (χ2v) is 17.1. The van der Waals surface area contributed by atoms with Gasteiger partial charge in [-0.2, -0.15) is 74.3 Å². The van der Waals surface area contributed by atoms with Gasteiger partial charge in [0.2, 0.25) is 0 Å². The average Bonchev–Trinajstić information content (AvgIpc) is 4.28. The van der Waals surface area contributed by atoms with E-state index in [2.05, 4.69) is 181 Å². The van der Waals surface area contributed by atoms with E-state index in [4.69, 9.17) is 0 Å². The number of rotatable bonds is 6. The Morgan fingerprint density at radius 1 is 0.457 bits per heavy atom. The number of benzene rings is 4. The summed E-state index contributed by atoms with van der Waals surface area (Å²) >= 11 is 0. The molecule has 4 aromatic carbocycles. The quantitative estimate of drug-likeness (QED) is 0.148. The fraction of sp³-hybridized carbons (Fsp3) is 0.0714. The van der Waals surface area contributed by atoms with E-state index in [1.54, 1.807) is 12.4 Å². The zero-order chi connectivity index (χ0) is 45.4. The van der Waals surface area contributed by atoms with Gasteiger partial charge in [0.1, 0.15) is 11.6 Å². The predicted octanol–water partition coefficient (Wildman–Crippen LogP) is 9.39. The molecule has 0 spiro atoms. The summed E-state index contributed by atoms with van der Waals surface area (Å²) < 4.78 is 0. The van der Waals surface area contributed by atoms with E-state index in [0.717, 1.165) is 101 Å². The van der Waals surface area contributed by atoms with Gasteiger partial charge in [0.05, 0.1) is 10.8 Å². The summed E-state index contributed by atoms with van der Waals surface area (Å²) in [6.07, 6.45) is 14.7. The van der Waals surface area contributed by atoms with Crippen molar-refractivity contribution in [3.63, 3.8) is 0 Å². The van der Waals surface area contributed by atoms with Gasteiger partial charge in [-0.05, 0) is 83.9 Å². The predicted molar refractivity (Wildman–Crippen MR) is 261 cm³/mol. The van der Waals surface area contributed by atoms with Crippen molar-refractivity contribution in [2.45, 2.75) is 10.8 Å². The van der Waals surface area contributed by atoms with Crippen molar-refractivity contribution in [2.75, 3.05) is 33.7 Å². The summed E-state index contributed by atoms with van der Waals surface area (Å²) in [4.78, 5) is 26.5. The molecule has 14 rings (SSSR count). The summed E-state index contributed by atoms with van der Waals surface area (Å²) in [7, 11) is 4.06. The van der Waals surface area contributed by atoms with Crippen molar-refractivity contribution >= 4 is 34.4 Å². The van der Waals surface area contributed by atoms with Crippen LogP contribution in [0.5, 0.6) is 0 Å². The first-order valence-electron chi connectivity index (χ1n) is 22.2. The molecule has 0 N–H and O–H groups in total. The molecule has 2 atom stereocenters. The molecule has 2 unspecified atom stereocenters. The van der Waals surface area contributed by atoms with Gasteiger partial charge >= 0.3 is 0 Å². The third-order valence-electron chi connectivity index (χ3n) is 13.6. The summed E-state index contributed by atoms with van der Waals surface area (Å²) in [6, 6.07) is 53.2. The van der Waals surface area contributed by atoms with Crippen LogP contribution in [0.3, 0.4) is 0 Å². The van der Waals surface area contributed by atoms with E-state index >= 15 is 0 Å². The van der Waals surface area contributed by atoms with Crippen molar-refractivity contribution in [2.24, 2.45) is 0 Å². The number of fused-ring (bicyclic) bond motifs is 8. The summed E-state index contributed by atoms with van der Waals surface area (Å²) in [5.74, 6) is 1.77. The minimum atomic E-state index is -0.639. The van der Waals surface area contributed by atoms with Gasteiger partial charge in [-0.3, -0.25) is 9.97 Å². The largest absolute Gasteiger partial charge is 0.581 e. The van der Waals surface area contributed by atoms with Gasteiger partial charge in [0.15, 0.2) is 0 Å². The molecule has 0 fully saturated rings. The molecule has 70 heavy (non-hydrogen) atoms. The molecular weight excluding hydrogens is 1230 g/mol. The standard InChI is InChI=1S/2C28H19N6.2Pt/c2*1-33-18-34(27-25(33)10-5-13-30-27)20-7-4-6-19(16-20)28(26-12-15-31-32-26)23-9-3-2-8-21(23)22-17-29-14-11-24(22)28;;/h2*2-15,17-18H,1H3;;/q2*-3;;. The molecule has 6 aromatic heterocycles. The molecule has 14 heteroatoms. The molecule has 0 amide bonds. The van der Waals surface area contributed by atoms with Crippen LogP contribution >= 0.6 is 0 Å². The zero-order valence-corrected chi connectivity index (χ0v) is 42.0. The van der Waals surface area contributed by atoms with Gasteiger partial charge in [0, 0.05) is 113 Å². The molecule has 8 heterocycles. The number of hydrogen-bond donors (Lipinski definition) is 0. The number of anilines is 6. The Bertz CT molecular complexity index is 3200. The first-order chi connectivity index (χ1) is 33.6. The average molecular weight is 1270 g/mol. The van der Waals surface area contributed by atoms with Crippen LogP contribution in [0.4, 0.5) is 34.4 Å². The molecule has 10 aromatic rings. The normalized spacial score (nSPS) is 17.5. The van der Waals surface area contributed by atoms with Crippen LogP contribution in [-0.2, 0) is 53.0 Å². The van der Waals surface area contributed by atoms with Crippen molar-refractivity contribution in [1.82, 2.24) is 40.3 Å². The van der Waals surface area contributed by atoms with Crippen LogP contribution in [0.15, 0.2) is 183 Å². The van der Waals surface area contributed by atoms with Gasteiger partial charge in [-0.25, -0.2) is 9.97 Å². The van der Waals surface area contributed by atoms with Crippen molar-refractivity contribution in [3.8, 4) is 22.3 Å². The fourth-order valence-electron chi connectivity index (χ4n) is 10.8. The number of hydrogen-bond acceptors (Lipinski definition) is 10. The maximum atomic E-state index is 4.64. The van der Waals surface area contributed by atoms with E-state index in [1.807, 2.05) is 88.9 Å². The third-order valence-corrected chi connectivity index (χ3v) is 13.6. The summed E-state index contributed by atoms with van der Waals surface area (Å²) in [5.41, 5.74) is 15.6. The van der Waals surface area contributed by atoms with Crippen LogP contribution in [-0.4, -0.2) is 44.2 Å². The van der Waals surface area contributed by atoms with Gasteiger partial charge in [-0.1, -0.05) is 60.7 Å². The van der Waals surface area contributed by atoms with E-state index < -0.39 is 10.8 Å². The minimum absolute atomic E-state index is 0. The maximum absolute atomic E-state index is 4.64. The SMILES string of the molecule is CN1[CH-]N(c2[c-]c(C3(c4cc[n-]n4)c4ccccc4-c4cnccc43)ccc2)c2ncccc21.CN1[CH-]N(c2[c-]c(C3(c4cc[n-]n4)c4ccccc4-c4cnccc43)ccc2)c2ncccc21.[Pt].[Pt]. The molecule has 2 aliphatic carbocycles. The van der Waals surface area contributed by atoms with E-state index in [-0.39, 0.29) is 42.1 Å². The molecular formula is C56H38N12Pt2-6. The van der Waals surface area contributed by atoms with E-state index in [9.17, 15) is 0 Å². The number of nitrogens with zero attached hydrogens (tertiary/aromatic N) is 12. The topological polar surface area (TPSA) is 119 Å². The molecule has 0 saturated carbocycles. The Hall–Kier alpha value is -7.52. The van der Waals surface area contributed by atoms with Crippen molar-refractivity contribution in [1.29, 1.82) is 0 Å². The first-order valence-corrected chi connectivity index (χ1v) is 22.2. The van der Waals surface area contributed by atoms with Gasteiger partial charge < -0.3 is 40.0 Å². The Morgan fingerprint density at radius 2 is 0.900 bits per heavy atom. The molecule has 0 saturated heterocycles. The summed E-state index contributed by atoms with van der Waals surface area (Å²) in [6.45, 7) is 4.09. The second kappa shape index (κ2) is 17.8. The molecule has 12 nitrogen and oxygen atoms in total. The Morgan fingerprint density at radius 3 is 1.34 bits per heavy atom.